The largest absolute Gasteiger partial charge is 0.463 e. The zero-order chi connectivity index (χ0) is 13.1. The van der Waals surface area contributed by atoms with Crippen molar-refractivity contribution in [1.29, 1.82) is 0 Å². The third-order valence-electron chi connectivity index (χ3n) is 1.91. The highest BCUT2D eigenvalue weighted by atomic mass is 19.4. The van der Waals surface area contributed by atoms with Gasteiger partial charge in [-0.15, -0.1) is 0 Å². The second-order valence-corrected chi connectivity index (χ2v) is 3.26. The molecule has 0 amide bonds. The molecule has 0 aliphatic carbocycles. The first kappa shape index (κ1) is 13.6. The van der Waals surface area contributed by atoms with E-state index in [0.29, 0.717) is 0 Å². The van der Waals surface area contributed by atoms with Gasteiger partial charge in [0.25, 0.3) is 0 Å². The standard InChI is InChI=1S/C10H11F3O4/c1-6(16-5-10(11,12)13)7-3-4-8(17-7)9(14)15-2/h3-4,6H,5H2,1-2H3. The maximum atomic E-state index is 11.9. The lowest BCUT2D eigenvalue weighted by atomic mass is 10.3. The minimum atomic E-state index is -4.40. The monoisotopic (exact) mass is 252 g/mol. The summed E-state index contributed by atoms with van der Waals surface area (Å²) in [6.07, 6.45) is -5.29. The second kappa shape index (κ2) is 5.22. The Kier molecular flexibility index (Phi) is 4.17. The van der Waals surface area contributed by atoms with Crippen LogP contribution in [0.5, 0.6) is 0 Å². The first-order valence-electron chi connectivity index (χ1n) is 4.70. The summed E-state index contributed by atoms with van der Waals surface area (Å²) >= 11 is 0. The molecule has 7 heteroatoms. The maximum absolute atomic E-state index is 11.9. The number of rotatable bonds is 4. The predicted molar refractivity (Wildman–Crippen MR) is 50.5 cm³/mol. The SMILES string of the molecule is COC(=O)c1ccc(C(C)OCC(F)(F)F)o1. The fraction of sp³-hybridized carbons (Fsp3) is 0.500. The van der Waals surface area contributed by atoms with Gasteiger partial charge in [-0.25, -0.2) is 4.79 Å². The van der Waals surface area contributed by atoms with Crippen molar-refractivity contribution in [3.8, 4) is 0 Å². The Hall–Kier alpha value is -1.50. The van der Waals surface area contributed by atoms with Crippen LogP contribution in [0.15, 0.2) is 16.5 Å². The summed E-state index contributed by atoms with van der Waals surface area (Å²) in [4.78, 5) is 11.0. The van der Waals surface area contributed by atoms with Gasteiger partial charge in [0.15, 0.2) is 0 Å². The minimum Gasteiger partial charge on any atom is -0.463 e. The number of methoxy groups -OCH3 is 1. The molecule has 1 rings (SSSR count). The van der Waals surface area contributed by atoms with Crippen molar-refractivity contribution >= 4 is 5.97 Å². The van der Waals surface area contributed by atoms with Gasteiger partial charge in [-0.05, 0) is 19.1 Å². The smallest absolute Gasteiger partial charge is 0.411 e. The molecule has 1 atom stereocenters. The van der Waals surface area contributed by atoms with Gasteiger partial charge in [0.05, 0.1) is 7.11 Å². The molecule has 1 aromatic heterocycles. The number of hydrogen-bond donors (Lipinski definition) is 0. The number of esters is 1. The van der Waals surface area contributed by atoms with E-state index in [4.69, 9.17) is 4.42 Å². The van der Waals surface area contributed by atoms with Crippen LogP contribution < -0.4 is 0 Å². The second-order valence-electron chi connectivity index (χ2n) is 3.26. The summed E-state index contributed by atoms with van der Waals surface area (Å²) in [5.74, 6) is -0.640. The van der Waals surface area contributed by atoms with Gasteiger partial charge in [0, 0.05) is 0 Å². The van der Waals surface area contributed by atoms with Crippen LogP contribution in [-0.2, 0) is 9.47 Å². The molecule has 0 aliphatic rings. The summed E-state index contributed by atoms with van der Waals surface area (Å²) in [6, 6.07) is 2.68. The van der Waals surface area contributed by atoms with Crippen LogP contribution in [0.2, 0.25) is 0 Å². The van der Waals surface area contributed by atoms with Crippen LogP contribution in [0, 0.1) is 0 Å². The number of hydrogen-bond acceptors (Lipinski definition) is 4. The minimum absolute atomic E-state index is 0.0787. The van der Waals surface area contributed by atoms with E-state index < -0.39 is 24.9 Å². The van der Waals surface area contributed by atoms with Gasteiger partial charge >= 0.3 is 12.1 Å². The maximum Gasteiger partial charge on any atom is 0.411 e. The molecule has 0 saturated carbocycles. The van der Waals surface area contributed by atoms with Crippen molar-refractivity contribution in [1.82, 2.24) is 0 Å². The third kappa shape index (κ3) is 4.10. The van der Waals surface area contributed by atoms with Crippen LogP contribution in [0.3, 0.4) is 0 Å². The van der Waals surface area contributed by atoms with Gasteiger partial charge < -0.3 is 13.9 Å². The van der Waals surface area contributed by atoms with E-state index in [0.717, 1.165) is 0 Å². The van der Waals surface area contributed by atoms with Crippen LogP contribution in [-0.4, -0.2) is 25.9 Å². The molecular formula is C10H11F3O4. The molecule has 4 nitrogen and oxygen atoms in total. The summed E-state index contributed by atoms with van der Waals surface area (Å²) < 4.78 is 49.6. The predicted octanol–water partition coefficient (Wildman–Crippen LogP) is 2.71. The molecule has 1 aromatic rings. The molecular weight excluding hydrogens is 241 g/mol. The number of ether oxygens (including phenoxy) is 2. The van der Waals surface area contributed by atoms with E-state index in [1.807, 2.05) is 0 Å². The van der Waals surface area contributed by atoms with E-state index in [-0.39, 0.29) is 11.5 Å². The zero-order valence-electron chi connectivity index (χ0n) is 9.21. The van der Waals surface area contributed by atoms with Crippen molar-refractivity contribution in [3.63, 3.8) is 0 Å². The lowest BCUT2D eigenvalue weighted by Gasteiger charge is -2.12. The average molecular weight is 252 g/mol. The highest BCUT2D eigenvalue weighted by molar-refractivity contribution is 5.86. The zero-order valence-corrected chi connectivity index (χ0v) is 9.21. The molecule has 0 radical (unpaired) electrons. The molecule has 0 bridgehead atoms. The van der Waals surface area contributed by atoms with Crippen molar-refractivity contribution in [2.45, 2.75) is 19.2 Å². The fourth-order valence-corrected chi connectivity index (χ4v) is 1.08. The van der Waals surface area contributed by atoms with Gasteiger partial charge in [-0.3, -0.25) is 0 Å². The molecule has 0 N–H and O–H groups in total. The fourth-order valence-electron chi connectivity index (χ4n) is 1.08. The number of furan rings is 1. The Labute approximate surface area is 95.3 Å². The summed E-state index contributed by atoms with van der Waals surface area (Å²) in [5, 5.41) is 0. The molecule has 0 fully saturated rings. The number of carbonyl (C=O) groups is 1. The highest BCUT2D eigenvalue weighted by Crippen LogP contribution is 2.23. The van der Waals surface area contributed by atoms with Crippen molar-refractivity contribution in [3.05, 3.63) is 23.7 Å². The van der Waals surface area contributed by atoms with E-state index in [2.05, 4.69) is 9.47 Å². The van der Waals surface area contributed by atoms with E-state index in [9.17, 15) is 18.0 Å². The molecule has 1 heterocycles. The van der Waals surface area contributed by atoms with Crippen LogP contribution in [0.1, 0.15) is 29.3 Å². The highest BCUT2D eigenvalue weighted by Gasteiger charge is 2.29. The number of alkyl halides is 3. The van der Waals surface area contributed by atoms with E-state index in [1.54, 1.807) is 0 Å². The summed E-state index contributed by atoms with van der Waals surface area (Å²) in [5.41, 5.74) is 0. The quantitative estimate of drug-likeness (QED) is 0.773. The topological polar surface area (TPSA) is 48.7 Å². The molecule has 0 spiro atoms. The first-order valence-corrected chi connectivity index (χ1v) is 4.70. The van der Waals surface area contributed by atoms with E-state index >= 15 is 0 Å². The summed E-state index contributed by atoms with van der Waals surface area (Å²) in [6.45, 7) is 0.0219. The van der Waals surface area contributed by atoms with Gasteiger partial charge in [0.2, 0.25) is 5.76 Å². The molecule has 17 heavy (non-hydrogen) atoms. The third-order valence-corrected chi connectivity index (χ3v) is 1.91. The lowest BCUT2D eigenvalue weighted by Crippen LogP contribution is -2.18. The Morgan fingerprint density at radius 1 is 1.47 bits per heavy atom. The average Bonchev–Trinajstić information content (AvgIpc) is 2.73. The Bertz CT molecular complexity index is 383. The van der Waals surface area contributed by atoms with Crippen molar-refractivity contribution in [2.75, 3.05) is 13.7 Å². The summed E-state index contributed by atoms with van der Waals surface area (Å²) in [7, 11) is 1.17. The molecule has 1 unspecified atom stereocenters. The Morgan fingerprint density at radius 2 is 2.12 bits per heavy atom. The molecule has 0 saturated heterocycles. The Morgan fingerprint density at radius 3 is 2.65 bits per heavy atom. The lowest BCUT2D eigenvalue weighted by molar-refractivity contribution is -0.185. The number of carbonyl (C=O) groups excluding carboxylic acids is 1. The first-order chi connectivity index (χ1) is 7.83. The van der Waals surface area contributed by atoms with Gasteiger partial charge in [0.1, 0.15) is 18.5 Å². The normalized spacial score (nSPS) is 13.5. The van der Waals surface area contributed by atoms with Crippen LogP contribution >= 0.6 is 0 Å². The van der Waals surface area contributed by atoms with Crippen molar-refractivity contribution < 1.29 is 31.9 Å². The van der Waals surface area contributed by atoms with E-state index in [1.165, 1.54) is 26.2 Å². The van der Waals surface area contributed by atoms with Gasteiger partial charge in [-0.1, -0.05) is 0 Å². The number of halogens is 3. The van der Waals surface area contributed by atoms with Crippen molar-refractivity contribution in [2.24, 2.45) is 0 Å². The van der Waals surface area contributed by atoms with Crippen LogP contribution in [0.25, 0.3) is 0 Å². The van der Waals surface area contributed by atoms with Crippen LogP contribution in [0.4, 0.5) is 13.2 Å². The molecule has 0 aromatic carbocycles. The molecule has 0 aliphatic heterocycles. The molecule has 96 valence electrons. The Balaban J connectivity index is 2.61. The van der Waals surface area contributed by atoms with Gasteiger partial charge in [-0.2, -0.15) is 13.2 Å².